The summed E-state index contributed by atoms with van der Waals surface area (Å²) < 4.78 is 41.0. The third-order valence-electron chi connectivity index (χ3n) is 7.84. The molecule has 236 valence electrons. The predicted octanol–water partition coefficient (Wildman–Crippen LogP) is 10.7. The molecule has 1 aromatic heterocycles. The zero-order chi connectivity index (χ0) is 31.8. The topological polar surface area (TPSA) is 40.2 Å². The van der Waals surface area contributed by atoms with E-state index < -0.39 is 0 Å². The number of rotatable bonds is 10. The van der Waals surface area contributed by atoms with Crippen molar-refractivity contribution in [2.75, 3.05) is 32.2 Å². The van der Waals surface area contributed by atoms with Crippen molar-refractivity contribution in [3.05, 3.63) is 107 Å². The van der Waals surface area contributed by atoms with Gasteiger partial charge >= 0.3 is 0 Å². The number of anilines is 1. The number of nitrogens with zero attached hydrogens (tertiary/aromatic N) is 1. The van der Waals surface area contributed by atoms with Crippen molar-refractivity contribution < 1.29 is 23.3 Å². The highest BCUT2D eigenvalue weighted by Gasteiger charge is 2.28. The van der Waals surface area contributed by atoms with E-state index in [4.69, 9.17) is 18.9 Å². The Kier molecular flexibility index (Phi) is 11.5. The minimum atomic E-state index is -0.299. The number of fused-ring (bicyclic) bond motifs is 1. The van der Waals surface area contributed by atoms with E-state index in [0.717, 1.165) is 62.2 Å². The molecule has 0 spiro atoms. The zero-order valence-corrected chi connectivity index (χ0v) is 28.5. The number of piperidine rings is 1. The number of halogens is 2. The van der Waals surface area contributed by atoms with E-state index in [1.165, 1.54) is 6.07 Å². The van der Waals surface area contributed by atoms with Gasteiger partial charge in [0.25, 0.3) is 0 Å². The van der Waals surface area contributed by atoms with Gasteiger partial charge in [0.15, 0.2) is 12.0 Å². The molecule has 6 rings (SSSR count). The van der Waals surface area contributed by atoms with Crippen molar-refractivity contribution in [3.63, 3.8) is 0 Å². The van der Waals surface area contributed by atoms with E-state index in [1.54, 1.807) is 25.6 Å². The molecule has 1 fully saturated rings. The van der Waals surface area contributed by atoms with Gasteiger partial charge in [0.1, 0.15) is 23.9 Å². The van der Waals surface area contributed by atoms with Crippen LogP contribution in [-0.2, 0) is 16.1 Å². The van der Waals surface area contributed by atoms with E-state index >= 15 is 4.39 Å². The highest BCUT2D eigenvalue weighted by molar-refractivity contribution is 9.10. The molecule has 5 nitrogen and oxygen atoms in total. The lowest BCUT2D eigenvalue weighted by Gasteiger charge is -2.36. The third-order valence-corrected chi connectivity index (χ3v) is 9.55. The van der Waals surface area contributed by atoms with Crippen LogP contribution in [0.1, 0.15) is 32.3 Å². The average molecular weight is 693 g/mol. The number of hydrogen-bond donors (Lipinski definition) is 0. The van der Waals surface area contributed by atoms with E-state index in [0.29, 0.717) is 29.7 Å². The third kappa shape index (κ3) is 7.87. The lowest BCUT2D eigenvalue weighted by molar-refractivity contribution is -0.141. The van der Waals surface area contributed by atoms with Crippen LogP contribution >= 0.6 is 27.3 Å². The van der Waals surface area contributed by atoms with Gasteiger partial charge in [-0.2, -0.15) is 0 Å². The summed E-state index contributed by atoms with van der Waals surface area (Å²) in [6, 6.07) is 29.4. The van der Waals surface area contributed by atoms with Gasteiger partial charge in [0.2, 0.25) is 0 Å². The first-order valence-corrected chi connectivity index (χ1v) is 16.9. The molecule has 5 aromatic rings. The van der Waals surface area contributed by atoms with Gasteiger partial charge in [-0.1, -0.05) is 72.2 Å². The first-order valence-electron chi connectivity index (χ1n) is 15.3. The SMILES string of the molecule is CC.COC(OC)C1CCN(c2ccc(Oc3c(-c4ccc(Br)cc4)sc4cc(OCc5ccccc5)ccc34)cc2F)CC1. The molecular formula is C37H39BrFNO4S. The molecule has 2 heterocycles. The van der Waals surface area contributed by atoms with Crippen molar-refractivity contribution >= 4 is 43.0 Å². The normalized spacial score (nSPS) is 13.5. The van der Waals surface area contributed by atoms with Crippen LogP contribution < -0.4 is 14.4 Å². The summed E-state index contributed by atoms with van der Waals surface area (Å²) in [6.07, 6.45) is 1.52. The summed E-state index contributed by atoms with van der Waals surface area (Å²) in [6.45, 7) is 5.97. The van der Waals surface area contributed by atoms with Crippen molar-refractivity contribution in [2.24, 2.45) is 5.92 Å². The monoisotopic (exact) mass is 691 g/mol. The van der Waals surface area contributed by atoms with E-state index in [9.17, 15) is 0 Å². The Labute approximate surface area is 277 Å². The summed E-state index contributed by atoms with van der Waals surface area (Å²) in [4.78, 5) is 3.06. The lowest BCUT2D eigenvalue weighted by atomic mass is 9.95. The standard InChI is InChI=1S/C35H33BrFNO4S.C2H6/c1-39-35(40-2)25-16-18-38(19-17-25)31-15-13-28(20-30(31)37)42-33-29-14-12-27(41-22-23-6-4-3-5-7-23)21-32(29)43-34(33)24-8-10-26(36)11-9-24;1-2/h3-15,20-21,25,35H,16-19,22H2,1-2H3;1-2H3. The average Bonchev–Trinajstić information content (AvgIpc) is 3.43. The summed E-state index contributed by atoms with van der Waals surface area (Å²) >= 11 is 5.16. The molecule has 0 bridgehead atoms. The predicted molar refractivity (Wildman–Crippen MR) is 186 cm³/mol. The number of methoxy groups -OCH3 is 2. The molecule has 0 unspecified atom stereocenters. The van der Waals surface area contributed by atoms with Crippen LogP contribution in [0.25, 0.3) is 20.5 Å². The van der Waals surface area contributed by atoms with Crippen molar-refractivity contribution in [1.82, 2.24) is 0 Å². The number of ether oxygens (including phenoxy) is 4. The Bertz CT molecular complexity index is 1670. The van der Waals surface area contributed by atoms with Crippen LogP contribution in [-0.4, -0.2) is 33.6 Å². The maximum absolute atomic E-state index is 15.5. The number of benzene rings is 4. The minimum Gasteiger partial charge on any atom is -0.489 e. The van der Waals surface area contributed by atoms with Crippen molar-refractivity contribution in [1.29, 1.82) is 0 Å². The van der Waals surface area contributed by atoms with Gasteiger partial charge in [-0.25, -0.2) is 4.39 Å². The van der Waals surface area contributed by atoms with Crippen LogP contribution in [0.15, 0.2) is 95.5 Å². The second-order valence-electron chi connectivity index (χ2n) is 10.6. The van der Waals surface area contributed by atoms with Crippen LogP contribution in [0.2, 0.25) is 0 Å². The highest BCUT2D eigenvalue weighted by Crippen LogP contribution is 2.47. The largest absolute Gasteiger partial charge is 0.489 e. The summed E-state index contributed by atoms with van der Waals surface area (Å²) in [7, 11) is 3.33. The maximum atomic E-state index is 15.5. The highest BCUT2D eigenvalue weighted by atomic mass is 79.9. The Morgan fingerprint density at radius 3 is 2.22 bits per heavy atom. The molecular weight excluding hydrogens is 653 g/mol. The fraction of sp³-hybridized carbons (Fsp3) is 0.297. The molecule has 0 N–H and O–H groups in total. The second kappa shape index (κ2) is 15.7. The van der Waals surface area contributed by atoms with Crippen molar-refractivity contribution in [2.45, 2.75) is 39.6 Å². The van der Waals surface area contributed by atoms with Gasteiger partial charge in [-0.05, 0) is 66.4 Å². The first kappa shape index (κ1) is 32.9. The van der Waals surface area contributed by atoms with Gasteiger partial charge in [-0.3, -0.25) is 0 Å². The Morgan fingerprint density at radius 1 is 0.867 bits per heavy atom. The maximum Gasteiger partial charge on any atom is 0.159 e. The quantitative estimate of drug-likeness (QED) is 0.136. The molecule has 1 aliphatic rings. The lowest BCUT2D eigenvalue weighted by Crippen LogP contribution is -2.39. The second-order valence-corrected chi connectivity index (χ2v) is 12.5. The van der Waals surface area contributed by atoms with Crippen molar-refractivity contribution in [3.8, 4) is 27.7 Å². The van der Waals surface area contributed by atoms with Crippen LogP contribution in [0.5, 0.6) is 17.2 Å². The fourth-order valence-electron chi connectivity index (χ4n) is 5.60. The first-order chi connectivity index (χ1) is 22.0. The molecule has 0 amide bonds. The van der Waals surface area contributed by atoms with Gasteiger partial charge in [0, 0.05) is 53.9 Å². The van der Waals surface area contributed by atoms with E-state index in [-0.39, 0.29) is 12.1 Å². The molecule has 0 radical (unpaired) electrons. The van der Waals surface area contributed by atoms with Crippen LogP contribution in [0.3, 0.4) is 0 Å². The van der Waals surface area contributed by atoms with E-state index in [1.807, 2.05) is 86.6 Å². The molecule has 45 heavy (non-hydrogen) atoms. The van der Waals surface area contributed by atoms with Crippen LogP contribution in [0.4, 0.5) is 10.1 Å². The smallest absolute Gasteiger partial charge is 0.159 e. The Balaban J connectivity index is 0.00000196. The molecule has 1 saturated heterocycles. The van der Waals surface area contributed by atoms with Crippen LogP contribution in [0, 0.1) is 11.7 Å². The number of thiophene rings is 1. The minimum absolute atomic E-state index is 0.227. The van der Waals surface area contributed by atoms with Gasteiger partial charge in [0.05, 0.1) is 10.6 Å². The number of hydrogen-bond acceptors (Lipinski definition) is 6. The summed E-state index contributed by atoms with van der Waals surface area (Å²) in [5, 5.41) is 0.951. The molecule has 0 atom stereocenters. The van der Waals surface area contributed by atoms with Gasteiger partial charge < -0.3 is 23.8 Å². The Hall–Kier alpha value is -3.43. The molecule has 4 aromatic carbocycles. The fourth-order valence-corrected chi connectivity index (χ4v) is 7.02. The van der Waals surface area contributed by atoms with Gasteiger partial charge in [-0.15, -0.1) is 11.3 Å². The van der Waals surface area contributed by atoms with E-state index in [2.05, 4.69) is 33.0 Å². The summed E-state index contributed by atoms with van der Waals surface area (Å²) in [5.41, 5.74) is 2.72. The Morgan fingerprint density at radius 2 is 1.56 bits per heavy atom. The molecule has 1 aliphatic heterocycles. The molecule has 0 saturated carbocycles. The molecule has 8 heteroatoms. The summed E-state index contributed by atoms with van der Waals surface area (Å²) in [5.74, 6) is 1.94. The molecule has 0 aliphatic carbocycles. The zero-order valence-electron chi connectivity index (χ0n) is 26.1.